The fourth-order valence-electron chi connectivity index (χ4n) is 2.41. The number of nitrogens with zero attached hydrogens (tertiary/aromatic N) is 1. The van der Waals surface area contributed by atoms with E-state index >= 15 is 0 Å². The summed E-state index contributed by atoms with van der Waals surface area (Å²) in [5.74, 6) is 0. The molecule has 2 rings (SSSR count). The molecule has 20 heavy (non-hydrogen) atoms. The minimum Gasteiger partial charge on any atom is -0.314 e. The van der Waals surface area contributed by atoms with Crippen molar-refractivity contribution in [3.8, 4) is 0 Å². The van der Waals surface area contributed by atoms with Gasteiger partial charge in [0.2, 0.25) is 0 Å². The van der Waals surface area contributed by atoms with Crippen LogP contribution in [0.15, 0.2) is 24.3 Å². The van der Waals surface area contributed by atoms with Crippen molar-refractivity contribution in [2.24, 2.45) is 0 Å². The molecule has 1 aromatic rings. The standard InChI is InChI=1S/C13H17F3N2.2ClH/c1-10-4-2-3-5-11(10)12(13(14,15)16)18-8-6-17-7-9-18;;/h2-5,12,17H,6-9H2,1H3;2*1H/t12-;;/m1../s1. The Bertz CT molecular complexity index is 407. The smallest absolute Gasteiger partial charge is 0.314 e. The van der Waals surface area contributed by atoms with Gasteiger partial charge in [-0.25, -0.2) is 0 Å². The Morgan fingerprint density at radius 1 is 1.10 bits per heavy atom. The second-order valence-electron chi connectivity index (χ2n) is 4.59. The van der Waals surface area contributed by atoms with E-state index in [1.54, 1.807) is 31.2 Å². The Hall–Kier alpha value is -0.490. The van der Waals surface area contributed by atoms with Gasteiger partial charge in [0, 0.05) is 26.2 Å². The average molecular weight is 331 g/mol. The lowest BCUT2D eigenvalue weighted by Gasteiger charge is -2.36. The predicted octanol–water partition coefficient (Wildman–Crippen LogP) is 3.35. The Kier molecular flexibility index (Phi) is 7.88. The van der Waals surface area contributed by atoms with E-state index in [0.29, 0.717) is 37.3 Å². The molecule has 2 nitrogen and oxygen atoms in total. The van der Waals surface area contributed by atoms with Crippen LogP contribution in [0.3, 0.4) is 0 Å². The molecule has 1 heterocycles. The van der Waals surface area contributed by atoms with Gasteiger partial charge in [-0.3, -0.25) is 4.90 Å². The van der Waals surface area contributed by atoms with Gasteiger partial charge in [-0.2, -0.15) is 13.2 Å². The van der Waals surface area contributed by atoms with Crippen molar-refractivity contribution in [3.05, 3.63) is 35.4 Å². The molecule has 0 spiro atoms. The van der Waals surface area contributed by atoms with Crippen LogP contribution >= 0.6 is 24.8 Å². The number of halogens is 5. The number of hydrogen-bond acceptors (Lipinski definition) is 2. The first-order chi connectivity index (χ1) is 8.50. The van der Waals surface area contributed by atoms with Crippen LogP contribution in [0, 0.1) is 6.92 Å². The van der Waals surface area contributed by atoms with Crippen molar-refractivity contribution in [1.29, 1.82) is 0 Å². The molecule has 1 aliphatic rings. The molecule has 0 bridgehead atoms. The molecule has 0 amide bonds. The highest BCUT2D eigenvalue weighted by molar-refractivity contribution is 5.85. The van der Waals surface area contributed by atoms with Gasteiger partial charge in [-0.05, 0) is 18.1 Å². The highest BCUT2D eigenvalue weighted by atomic mass is 35.5. The maximum Gasteiger partial charge on any atom is 0.408 e. The minimum absolute atomic E-state index is 0. The summed E-state index contributed by atoms with van der Waals surface area (Å²) in [4.78, 5) is 1.51. The number of nitrogens with one attached hydrogen (secondary N) is 1. The van der Waals surface area contributed by atoms with Crippen LogP contribution in [-0.2, 0) is 0 Å². The summed E-state index contributed by atoms with van der Waals surface area (Å²) in [6, 6.07) is 5.26. The summed E-state index contributed by atoms with van der Waals surface area (Å²) in [5, 5.41) is 3.08. The lowest BCUT2D eigenvalue weighted by Crippen LogP contribution is -2.49. The van der Waals surface area contributed by atoms with Crippen molar-refractivity contribution >= 4 is 24.8 Å². The molecule has 0 radical (unpaired) electrons. The van der Waals surface area contributed by atoms with E-state index in [0.717, 1.165) is 0 Å². The molecule has 0 aromatic heterocycles. The van der Waals surface area contributed by atoms with Crippen LogP contribution in [-0.4, -0.2) is 37.3 Å². The van der Waals surface area contributed by atoms with Crippen molar-refractivity contribution < 1.29 is 13.2 Å². The molecule has 1 aliphatic heterocycles. The van der Waals surface area contributed by atoms with Crippen molar-refractivity contribution in [2.75, 3.05) is 26.2 Å². The van der Waals surface area contributed by atoms with Gasteiger partial charge >= 0.3 is 6.18 Å². The molecule has 0 unspecified atom stereocenters. The van der Waals surface area contributed by atoms with Gasteiger partial charge in [-0.15, -0.1) is 24.8 Å². The number of alkyl halides is 3. The van der Waals surface area contributed by atoms with Crippen LogP contribution in [0.4, 0.5) is 13.2 Å². The normalized spacial score (nSPS) is 17.8. The summed E-state index contributed by atoms with van der Waals surface area (Å²) in [5.41, 5.74) is 1.06. The SMILES string of the molecule is Cc1ccccc1[C@@H](N1CCNCC1)C(F)(F)F.Cl.Cl. The van der Waals surface area contributed by atoms with E-state index in [2.05, 4.69) is 5.32 Å². The Morgan fingerprint density at radius 3 is 2.15 bits per heavy atom. The predicted molar refractivity (Wildman–Crippen MR) is 78.9 cm³/mol. The van der Waals surface area contributed by atoms with E-state index < -0.39 is 12.2 Å². The number of aryl methyl sites for hydroxylation is 1. The van der Waals surface area contributed by atoms with Gasteiger partial charge in [0.15, 0.2) is 0 Å². The molecule has 1 atom stereocenters. The summed E-state index contributed by atoms with van der Waals surface area (Å²) in [7, 11) is 0. The Labute approximate surface area is 129 Å². The lowest BCUT2D eigenvalue weighted by atomic mass is 9.99. The van der Waals surface area contributed by atoms with Crippen LogP contribution in [0.5, 0.6) is 0 Å². The van der Waals surface area contributed by atoms with Gasteiger partial charge in [0.1, 0.15) is 6.04 Å². The second-order valence-corrected chi connectivity index (χ2v) is 4.59. The summed E-state index contributed by atoms with van der Waals surface area (Å²) >= 11 is 0. The molecule has 1 aromatic carbocycles. The topological polar surface area (TPSA) is 15.3 Å². The van der Waals surface area contributed by atoms with Crippen molar-refractivity contribution in [1.82, 2.24) is 10.2 Å². The summed E-state index contributed by atoms with van der Waals surface area (Å²) in [6.07, 6.45) is -4.23. The third-order valence-corrected chi connectivity index (χ3v) is 3.31. The quantitative estimate of drug-likeness (QED) is 0.894. The van der Waals surface area contributed by atoms with E-state index in [9.17, 15) is 13.2 Å². The largest absolute Gasteiger partial charge is 0.408 e. The zero-order valence-electron chi connectivity index (χ0n) is 11.1. The fourth-order valence-corrected chi connectivity index (χ4v) is 2.41. The highest BCUT2D eigenvalue weighted by Gasteiger charge is 2.45. The maximum absolute atomic E-state index is 13.3. The minimum atomic E-state index is -4.23. The molecular weight excluding hydrogens is 312 g/mol. The van der Waals surface area contributed by atoms with Gasteiger partial charge < -0.3 is 5.32 Å². The summed E-state index contributed by atoms with van der Waals surface area (Å²) < 4.78 is 39.9. The average Bonchev–Trinajstić information content (AvgIpc) is 2.32. The van der Waals surface area contributed by atoms with Crippen LogP contribution < -0.4 is 5.32 Å². The van der Waals surface area contributed by atoms with Gasteiger partial charge in [0.05, 0.1) is 0 Å². The van der Waals surface area contributed by atoms with Crippen LogP contribution in [0.25, 0.3) is 0 Å². The van der Waals surface area contributed by atoms with E-state index in [1.165, 1.54) is 4.90 Å². The van der Waals surface area contributed by atoms with Crippen LogP contribution in [0.2, 0.25) is 0 Å². The number of hydrogen-bond donors (Lipinski definition) is 1. The first-order valence-corrected chi connectivity index (χ1v) is 6.07. The van der Waals surface area contributed by atoms with Crippen molar-refractivity contribution in [2.45, 2.75) is 19.1 Å². The molecule has 116 valence electrons. The maximum atomic E-state index is 13.3. The lowest BCUT2D eigenvalue weighted by molar-refractivity contribution is -0.188. The zero-order chi connectivity index (χ0) is 13.2. The third kappa shape index (κ3) is 4.52. The molecular formula is C13H19Cl2F3N2. The monoisotopic (exact) mass is 330 g/mol. The number of rotatable bonds is 2. The number of benzene rings is 1. The first-order valence-electron chi connectivity index (χ1n) is 6.07. The van der Waals surface area contributed by atoms with E-state index in [-0.39, 0.29) is 24.8 Å². The molecule has 1 fully saturated rings. The van der Waals surface area contributed by atoms with E-state index in [4.69, 9.17) is 0 Å². The first kappa shape index (κ1) is 19.5. The highest BCUT2D eigenvalue weighted by Crippen LogP contribution is 2.38. The zero-order valence-corrected chi connectivity index (χ0v) is 12.7. The number of piperazine rings is 1. The van der Waals surface area contributed by atoms with Crippen molar-refractivity contribution in [3.63, 3.8) is 0 Å². The fraction of sp³-hybridized carbons (Fsp3) is 0.538. The molecule has 0 aliphatic carbocycles. The second kappa shape index (κ2) is 8.08. The molecule has 1 saturated heterocycles. The van der Waals surface area contributed by atoms with Crippen LogP contribution in [0.1, 0.15) is 17.2 Å². The van der Waals surface area contributed by atoms with Gasteiger partial charge in [-0.1, -0.05) is 24.3 Å². The molecule has 7 heteroatoms. The Balaban J connectivity index is 0.00000180. The molecule has 1 N–H and O–H groups in total. The third-order valence-electron chi connectivity index (χ3n) is 3.31. The summed E-state index contributed by atoms with van der Waals surface area (Å²) in [6.45, 7) is 3.81. The molecule has 0 saturated carbocycles. The Morgan fingerprint density at radius 2 is 1.65 bits per heavy atom. The van der Waals surface area contributed by atoms with Gasteiger partial charge in [0.25, 0.3) is 0 Å². The van der Waals surface area contributed by atoms with E-state index in [1.807, 2.05) is 0 Å².